The number of hydrogen-bond donors (Lipinski definition) is 3. The average Bonchev–Trinajstić information content (AvgIpc) is 2.98. The average molecular weight is 357 g/mol. The second kappa shape index (κ2) is 8.21. The van der Waals surface area contributed by atoms with E-state index in [-0.39, 0.29) is 24.5 Å². The van der Waals surface area contributed by atoms with Gasteiger partial charge in [0.25, 0.3) is 0 Å². The number of rotatable bonds is 5. The lowest BCUT2D eigenvalue weighted by atomic mass is 9.89. The van der Waals surface area contributed by atoms with Gasteiger partial charge in [0.2, 0.25) is 5.91 Å². The Kier molecular flexibility index (Phi) is 5.75. The minimum atomic E-state index is -0.331. The third-order valence-corrected chi connectivity index (χ3v) is 5.01. The molecule has 0 saturated carbocycles. The Hall–Kier alpha value is -2.57. The molecule has 0 aromatic heterocycles. The first-order valence-electron chi connectivity index (χ1n) is 9.25. The molecule has 1 atom stereocenters. The van der Waals surface area contributed by atoms with Gasteiger partial charge in [-0.2, -0.15) is 0 Å². The zero-order valence-electron chi connectivity index (χ0n) is 15.5. The molecular weight excluding hydrogens is 330 g/mol. The van der Waals surface area contributed by atoms with Crippen molar-refractivity contribution < 1.29 is 9.59 Å². The molecule has 1 fully saturated rings. The molecule has 1 aromatic carbocycles. The smallest absolute Gasteiger partial charge is 0.324 e. The summed E-state index contributed by atoms with van der Waals surface area (Å²) >= 11 is 0. The summed E-state index contributed by atoms with van der Waals surface area (Å²) in [7, 11) is 1.71. The number of urea groups is 1. The maximum Gasteiger partial charge on any atom is 0.324 e. The molecule has 0 spiro atoms. The van der Waals surface area contributed by atoms with E-state index < -0.39 is 0 Å². The molecule has 7 nitrogen and oxygen atoms in total. The van der Waals surface area contributed by atoms with Crippen molar-refractivity contribution >= 4 is 17.9 Å². The summed E-state index contributed by atoms with van der Waals surface area (Å²) in [6.45, 7) is 2.96. The van der Waals surface area contributed by atoms with Crippen LogP contribution in [-0.4, -0.2) is 49.5 Å². The fraction of sp³-hybridized carbons (Fsp3) is 0.526. The van der Waals surface area contributed by atoms with Crippen molar-refractivity contribution in [1.29, 1.82) is 0 Å². The van der Waals surface area contributed by atoms with E-state index in [1.165, 1.54) is 40.9 Å². The van der Waals surface area contributed by atoms with Crippen molar-refractivity contribution in [3.63, 3.8) is 0 Å². The predicted octanol–water partition coefficient (Wildman–Crippen LogP) is 1.34. The van der Waals surface area contributed by atoms with Gasteiger partial charge in [-0.3, -0.25) is 14.7 Å². The third kappa shape index (κ3) is 4.15. The topological polar surface area (TPSA) is 85.8 Å². The first-order valence-corrected chi connectivity index (χ1v) is 9.25. The van der Waals surface area contributed by atoms with E-state index in [0.717, 1.165) is 6.42 Å². The Bertz CT molecular complexity index is 700. The lowest BCUT2D eigenvalue weighted by Gasteiger charge is -2.22. The number of nitrogens with zero attached hydrogens (tertiary/aromatic N) is 2. The maximum absolute atomic E-state index is 11.6. The minimum absolute atomic E-state index is 0.0845. The van der Waals surface area contributed by atoms with E-state index in [1.807, 2.05) is 0 Å². The predicted molar refractivity (Wildman–Crippen MR) is 101 cm³/mol. The quantitative estimate of drug-likeness (QED) is 0.422. The van der Waals surface area contributed by atoms with Crippen molar-refractivity contribution in [2.75, 3.05) is 26.7 Å². The summed E-state index contributed by atoms with van der Waals surface area (Å²) in [6.07, 6.45) is 4.90. The molecule has 1 heterocycles. The molecule has 3 amide bonds. The molecule has 26 heavy (non-hydrogen) atoms. The van der Waals surface area contributed by atoms with E-state index in [2.05, 4.69) is 46.1 Å². The molecule has 0 bridgehead atoms. The molecule has 3 N–H and O–H groups in total. The van der Waals surface area contributed by atoms with Gasteiger partial charge in [-0.15, -0.1) is 0 Å². The van der Waals surface area contributed by atoms with E-state index in [0.29, 0.717) is 19.0 Å². The highest BCUT2D eigenvalue weighted by Gasteiger charge is 2.27. The largest absolute Gasteiger partial charge is 0.355 e. The molecule has 7 heteroatoms. The SMILES string of the molecule is CN=C(NCCN1C(=O)CNC1=O)NC(C)c1ccc2c(c1)CCCC2. The first-order chi connectivity index (χ1) is 12.6. The summed E-state index contributed by atoms with van der Waals surface area (Å²) in [5.74, 6) is 0.462. The number of nitrogens with one attached hydrogen (secondary N) is 3. The lowest BCUT2D eigenvalue weighted by molar-refractivity contribution is -0.124. The summed E-state index contributed by atoms with van der Waals surface area (Å²) < 4.78 is 0. The highest BCUT2D eigenvalue weighted by Crippen LogP contribution is 2.24. The van der Waals surface area contributed by atoms with Gasteiger partial charge in [0.05, 0.1) is 12.6 Å². The van der Waals surface area contributed by atoms with Crippen LogP contribution < -0.4 is 16.0 Å². The van der Waals surface area contributed by atoms with Crippen LogP contribution in [0.1, 0.15) is 42.5 Å². The minimum Gasteiger partial charge on any atom is -0.355 e. The second-order valence-corrected chi connectivity index (χ2v) is 6.80. The van der Waals surface area contributed by atoms with Gasteiger partial charge >= 0.3 is 6.03 Å². The summed E-state index contributed by atoms with van der Waals surface area (Å²) in [4.78, 5) is 28.6. The fourth-order valence-corrected chi connectivity index (χ4v) is 3.47. The van der Waals surface area contributed by atoms with E-state index in [1.54, 1.807) is 7.05 Å². The number of carbonyl (C=O) groups excluding carboxylic acids is 2. The van der Waals surface area contributed by atoms with Crippen LogP contribution in [-0.2, 0) is 17.6 Å². The highest BCUT2D eigenvalue weighted by atomic mass is 16.2. The van der Waals surface area contributed by atoms with E-state index in [4.69, 9.17) is 0 Å². The zero-order chi connectivity index (χ0) is 18.5. The van der Waals surface area contributed by atoms with E-state index >= 15 is 0 Å². The van der Waals surface area contributed by atoms with Crippen LogP contribution in [0.2, 0.25) is 0 Å². The summed E-state index contributed by atoms with van der Waals surface area (Å²) in [6, 6.07) is 6.51. The first kappa shape index (κ1) is 18.2. The van der Waals surface area contributed by atoms with Crippen molar-refractivity contribution in [2.45, 2.75) is 38.6 Å². The number of aliphatic imine (C=N–C) groups is 1. The lowest BCUT2D eigenvalue weighted by Crippen LogP contribution is -2.43. The van der Waals surface area contributed by atoms with Gasteiger partial charge < -0.3 is 16.0 Å². The number of guanidine groups is 1. The molecule has 1 aliphatic heterocycles. The van der Waals surface area contributed by atoms with Crippen LogP contribution in [0.15, 0.2) is 23.2 Å². The van der Waals surface area contributed by atoms with Crippen molar-refractivity contribution in [1.82, 2.24) is 20.9 Å². The molecule has 3 rings (SSSR count). The van der Waals surface area contributed by atoms with Gasteiger partial charge in [0.15, 0.2) is 5.96 Å². The van der Waals surface area contributed by atoms with Crippen LogP contribution in [0.4, 0.5) is 4.79 Å². The Morgan fingerprint density at radius 2 is 2.04 bits per heavy atom. The van der Waals surface area contributed by atoms with Crippen LogP contribution in [0.25, 0.3) is 0 Å². The van der Waals surface area contributed by atoms with Gasteiger partial charge in [0, 0.05) is 20.1 Å². The Morgan fingerprint density at radius 1 is 1.27 bits per heavy atom. The zero-order valence-corrected chi connectivity index (χ0v) is 15.5. The second-order valence-electron chi connectivity index (χ2n) is 6.80. The molecule has 2 aliphatic rings. The van der Waals surface area contributed by atoms with Crippen LogP contribution in [0.3, 0.4) is 0 Å². The number of carbonyl (C=O) groups is 2. The normalized spacial score (nSPS) is 18.4. The van der Waals surface area contributed by atoms with Gasteiger partial charge in [-0.1, -0.05) is 18.2 Å². The summed E-state index contributed by atoms with van der Waals surface area (Å²) in [5, 5.41) is 9.05. The van der Waals surface area contributed by atoms with Crippen molar-refractivity contribution in [3.8, 4) is 0 Å². The van der Waals surface area contributed by atoms with Gasteiger partial charge in [0.1, 0.15) is 0 Å². The number of hydrogen-bond acceptors (Lipinski definition) is 3. The Morgan fingerprint density at radius 3 is 2.73 bits per heavy atom. The fourth-order valence-electron chi connectivity index (χ4n) is 3.47. The molecular formula is C19H27N5O2. The molecule has 1 aliphatic carbocycles. The molecule has 1 unspecified atom stereocenters. The number of aryl methyl sites for hydroxylation is 2. The van der Waals surface area contributed by atoms with Crippen LogP contribution >= 0.6 is 0 Å². The van der Waals surface area contributed by atoms with Crippen LogP contribution in [0.5, 0.6) is 0 Å². The highest BCUT2D eigenvalue weighted by molar-refractivity contribution is 6.01. The summed E-state index contributed by atoms with van der Waals surface area (Å²) in [5.41, 5.74) is 4.18. The number of amides is 3. The number of benzene rings is 1. The molecule has 0 radical (unpaired) electrons. The Labute approximate surface area is 154 Å². The van der Waals surface area contributed by atoms with Crippen molar-refractivity contribution in [3.05, 3.63) is 34.9 Å². The number of imide groups is 1. The maximum atomic E-state index is 11.6. The van der Waals surface area contributed by atoms with Gasteiger partial charge in [-0.25, -0.2) is 4.79 Å². The Balaban J connectivity index is 1.53. The number of fused-ring (bicyclic) bond motifs is 1. The third-order valence-electron chi connectivity index (χ3n) is 5.01. The monoisotopic (exact) mass is 357 g/mol. The standard InChI is InChI=1S/C19H27N5O2/c1-13(15-8-7-14-5-3-4-6-16(14)11-15)23-18(20-2)21-9-10-24-17(25)12-22-19(24)26/h7-8,11,13H,3-6,9-10,12H2,1-2H3,(H,22,26)(H2,20,21,23). The molecule has 140 valence electrons. The van der Waals surface area contributed by atoms with Crippen LogP contribution in [0, 0.1) is 0 Å². The van der Waals surface area contributed by atoms with E-state index in [9.17, 15) is 9.59 Å². The van der Waals surface area contributed by atoms with Crippen molar-refractivity contribution in [2.24, 2.45) is 4.99 Å². The molecule has 1 saturated heterocycles. The molecule has 1 aromatic rings. The van der Waals surface area contributed by atoms with Gasteiger partial charge in [-0.05, 0) is 49.3 Å².